The summed E-state index contributed by atoms with van der Waals surface area (Å²) in [6.07, 6.45) is 0. The molecule has 23 heavy (non-hydrogen) atoms. The van der Waals surface area contributed by atoms with E-state index >= 15 is 0 Å². The molecule has 2 rings (SSSR count). The topological polar surface area (TPSA) is 32.3 Å². The van der Waals surface area contributed by atoms with Crippen LogP contribution in [0.4, 0.5) is 10.1 Å². The summed E-state index contributed by atoms with van der Waals surface area (Å²) < 4.78 is 13.5. The largest absolute Gasteiger partial charge is 0.322 e. The Balaban J connectivity index is 1.87. The van der Waals surface area contributed by atoms with Crippen molar-refractivity contribution in [2.24, 2.45) is 0 Å². The van der Waals surface area contributed by atoms with E-state index in [4.69, 9.17) is 0 Å². The van der Waals surface area contributed by atoms with Crippen molar-refractivity contribution in [3.63, 3.8) is 0 Å². The van der Waals surface area contributed by atoms with Gasteiger partial charge in [0.2, 0.25) is 5.91 Å². The average Bonchev–Trinajstić information content (AvgIpc) is 2.50. The van der Waals surface area contributed by atoms with E-state index in [-0.39, 0.29) is 18.1 Å². The van der Waals surface area contributed by atoms with Crippen LogP contribution >= 0.6 is 0 Å². The lowest BCUT2D eigenvalue weighted by molar-refractivity contribution is -0.117. The summed E-state index contributed by atoms with van der Waals surface area (Å²) in [5, 5.41) is 2.60. The number of halogens is 1. The van der Waals surface area contributed by atoms with Crippen molar-refractivity contribution in [1.82, 2.24) is 4.90 Å². The van der Waals surface area contributed by atoms with E-state index in [1.54, 1.807) is 18.2 Å². The minimum atomic E-state index is -0.423. The Kier molecular flexibility index (Phi) is 5.88. The Morgan fingerprint density at radius 1 is 1.13 bits per heavy atom. The van der Waals surface area contributed by atoms with Crippen LogP contribution in [0.5, 0.6) is 0 Å². The fourth-order valence-corrected chi connectivity index (χ4v) is 2.37. The predicted molar refractivity (Wildman–Crippen MR) is 91.9 cm³/mol. The molecule has 0 spiro atoms. The molecule has 0 aliphatic heterocycles. The summed E-state index contributed by atoms with van der Waals surface area (Å²) in [5.41, 5.74) is 2.66. The van der Waals surface area contributed by atoms with Crippen LogP contribution < -0.4 is 5.32 Å². The number of para-hydroxylation sites is 1. The number of nitrogens with one attached hydrogen (secondary N) is 1. The van der Waals surface area contributed by atoms with E-state index in [2.05, 4.69) is 43.4 Å². The van der Waals surface area contributed by atoms with Crippen molar-refractivity contribution in [3.8, 4) is 0 Å². The summed E-state index contributed by atoms with van der Waals surface area (Å²) in [5.74, 6) is -0.141. The number of nitrogens with zero attached hydrogens (tertiary/aromatic N) is 1. The molecule has 1 N–H and O–H groups in total. The molecule has 0 aliphatic rings. The highest BCUT2D eigenvalue weighted by Crippen LogP contribution is 2.16. The maximum Gasteiger partial charge on any atom is 0.238 e. The van der Waals surface area contributed by atoms with Gasteiger partial charge in [-0.25, -0.2) is 4.39 Å². The number of anilines is 1. The molecule has 1 amide bonds. The third kappa shape index (κ3) is 5.18. The molecule has 3 nitrogen and oxygen atoms in total. The second kappa shape index (κ2) is 7.88. The van der Waals surface area contributed by atoms with Gasteiger partial charge in [-0.2, -0.15) is 0 Å². The van der Waals surface area contributed by atoms with Crippen LogP contribution in [0.2, 0.25) is 0 Å². The van der Waals surface area contributed by atoms with Gasteiger partial charge in [0.25, 0.3) is 0 Å². The molecule has 4 heteroatoms. The molecule has 0 heterocycles. The van der Waals surface area contributed by atoms with Gasteiger partial charge >= 0.3 is 0 Å². The molecule has 122 valence electrons. The van der Waals surface area contributed by atoms with Gasteiger partial charge in [-0.15, -0.1) is 0 Å². The molecular formula is C19H23FN2O. The minimum absolute atomic E-state index is 0.209. The van der Waals surface area contributed by atoms with Crippen molar-refractivity contribution < 1.29 is 9.18 Å². The van der Waals surface area contributed by atoms with Crippen LogP contribution in [-0.4, -0.2) is 24.4 Å². The standard InChI is InChI=1S/C19H23FN2O/c1-14(2)16-10-8-15(9-11-16)12-22(3)13-19(23)21-18-7-5-4-6-17(18)20/h4-11,14H,12-13H2,1-3H3,(H,21,23). The fourth-order valence-electron chi connectivity index (χ4n) is 2.37. The van der Waals surface area contributed by atoms with Gasteiger partial charge in [-0.05, 0) is 36.2 Å². The molecule has 0 unspecified atom stereocenters. The van der Waals surface area contributed by atoms with E-state index < -0.39 is 5.82 Å². The second-order valence-corrected chi connectivity index (χ2v) is 6.10. The first-order valence-electron chi connectivity index (χ1n) is 7.77. The van der Waals surface area contributed by atoms with Crippen LogP contribution in [0.1, 0.15) is 30.9 Å². The molecule has 2 aromatic rings. The monoisotopic (exact) mass is 314 g/mol. The first-order chi connectivity index (χ1) is 11.0. The first-order valence-corrected chi connectivity index (χ1v) is 7.77. The van der Waals surface area contributed by atoms with Gasteiger partial charge in [0.05, 0.1) is 12.2 Å². The number of amides is 1. The maximum absolute atomic E-state index is 13.5. The van der Waals surface area contributed by atoms with Crippen LogP contribution in [0, 0.1) is 5.82 Å². The van der Waals surface area contributed by atoms with Crippen LogP contribution in [-0.2, 0) is 11.3 Å². The van der Waals surface area contributed by atoms with Gasteiger partial charge in [0.15, 0.2) is 0 Å². The van der Waals surface area contributed by atoms with E-state index in [0.717, 1.165) is 5.56 Å². The number of carbonyl (C=O) groups is 1. The molecule has 0 bridgehead atoms. The Bertz CT molecular complexity index is 653. The predicted octanol–water partition coefficient (Wildman–Crippen LogP) is 4.02. The normalized spacial score (nSPS) is 11.0. The molecule has 0 saturated carbocycles. The maximum atomic E-state index is 13.5. The number of carbonyl (C=O) groups excluding carboxylic acids is 1. The molecule has 0 aromatic heterocycles. The lowest BCUT2D eigenvalue weighted by Crippen LogP contribution is -2.30. The zero-order chi connectivity index (χ0) is 16.8. The minimum Gasteiger partial charge on any atom is -0.322 e. The number of hydrogen-bond donors (Lipinski definition) is 1. The molecule has 0 radical (unpaired) electrons. The lowest BCUT2D eigenvalue weighted by Gasteiger charge is -2.17. The summed E-state index contributed by atoms with van der Waals surface area (Å²) >= 11 is 0. The van der Waals surface area contributed by atoms with Crippen LogP contribution in [0.15, 0.2) is 48.5 Å². The van der Waals surface area contributed by atoms with Crippen LogP contribution in [0.25, 0.3) is 0 Å². The Hall–Kier alpha value is -2.20. The van der Waals surface area contributed by atoms with Gasteiger partial charge in [0.1, 0.15) is 5.82 Å². The van der Waals surface area contributed by atoms with Gasteiger partial charge < -0.3 is 5.32 Å². The van der Waals surface area contributed by atoms with E-state index in [9.17, 15) is 9.18 Å². The Morgan fingerprint density at radius 2 is 1.78 bits per heavy atom. The lowest BCUT2D eigenvalue weighted by atomic mass is 10.0. The van der Waals surface area contributed by atoms with Gasteiger partial charge in [-0.1, -0.05) is 50.2 Å². The highest BCUT2D eigenvalue weighted by Gasteiger charge is 2.10. The highest BCUT2D eigenvalue weighted by atomic mass is 19.1. The van der Waals surface area contributed by atoms with Crippen molar-refractivity contribution >= 4 is 11.6 Å². The number of rotatable bonds is 6. The zero-order valence-corrected chi connectivity index (χ0v) is 13.8. The quantitative estimate of drug-likeness (QED) is 0.873. The molecular weight excluding hydrogens is 291 g/mol. The zero-order valence-electron chi connectivity index (χ0n) is 13.8. The fraction of sp³-hybridized carbons (Fsp3) is 0.316. The number of likely N-dealkylation sites (N-methyl/N-ethyl adjacent to an activating group) is 1. The SMILES string of the molecule is CC(C)c1ccc(CN(C)CC(=O)Nc2ccccc2F)cc1. The number of hydrogen-bond acceptors (Lipinski definition) is 2. The first kappa shape index (κ1) is 17.2. The van der Waals surface area contributed by atoms with Crippen molar-refractivity contribution in [2.45, 2.75) is 26.3 Å². The molecule has 0 atom stereocenters. The van der Waals surface area contributed by atoms with E-state index in [0.29, 0.717) is 12.5 Å². The smallest absolute Gasteiger partial charge is 0.238 e. The molecule has 0 saturated heterocycles. The summed E-state index contributed by atoms with van der Waals surface area (Å²) in [7, 11) is 1.87. The van der Waals surface area contributed by atoms with Crippen molar-refractivity contribution in [1.29, 1.82) is 0 Å². The summed E-state index contributed by atoms with van der Waals surface area (Å²) in [6, 6.07) is 14.6. The average molecular weight is 314 g/mol. The summed E-state index contributed by atoms with van der Waals surface area (Å²) in [4.78, 5) is 13.9. The molecule has 0 fully saturated rings. The van der Waals surface area contributed by atoms with Gasteiger partial charge in [0, 0.05) is 6.54 Å². The second-order valence-electron chi connectivity index (χ2n) is 6.10. The van der Waals surface area contributed by atoms with Gasteiger partial charge in [-0.3, -0.25) is 9.69 Å². The van der Waals surface area contributed by atoms with E-state index in [1.807, 2.05) is 11.9 Å². The third-order valence-corrected chi connectivity index (χ3v) is 3.66. The highest BCUT2D eigenvalue weighted by molar-refractivity contribution is 5.92. The summed E-state index contributed by atoms with van der Waals surface area (Å²) in [6.45, 7) is 5.20. The number of benzene rings is 2. The Morgan fingerprint density at radius 3 is 2.39 bits per heavy atom. The molecule has 2 aromatic carbocycles. The van der Waals surface area contributed by atoms with E-state index in [1.165, 1.54) is 11.6 Å². The van der Waals surface area contributed by atoms with Crippen molar-refractivity contribution in [3.05, 3.63) is 65.5 Å². The molecule has 0 aliphatic carbocycles. The Labute approximate surface area is 137 Å². The third-order valence-electron chi connectivity index (χ3n) is 3.66. The van der Waals surface area contributed by atoms with Crippen molar-refractivity contribution in [2.75, 3.05) is 18.9 Å². The van der Waals surface area contributed by atoms with Crippen LogP contribution in [0.3, 0.4) is 0 Å².